The minimum absolute atomic E-state index is 0.365. The third-order valence-corrected chi connectivity index (χ3v) is 3.27. The number of ether oxygens (including phenoxy) is 1. The Bertz CT molecular complexity index is 227. The Morgan fingerprint density at radius 3 is 3.08 bits per heavy atom. The van der Waals surface area contributed by atoms with E-state index in [1.807, 2.05) is 6.92 Å². The number of rotatable bonds is 1. The fraction of sp³-hybridized carbons (Fsp3) is 0.818. The van der Waals surface area contributed by atoms with Crippen LogP contribution in [0.2, 0.25) is 0 Å². The van der Waals surface area contributed by atoms with Crippen molar-refractivity contribution < 1.29 is 4.74 Å². The van der Waals surface area contributed by atoms with Crippen molar-refractivity contribution in [2.24, 2.45) is 0 Å². The van der Waals surface area contributed by atoms with E-state index in [0.717, 1.165) is 19.8 Å². The van der Waals surface area contributed by atoms with E-state index in [0.29, 0.717) is 5.54 Å². The average Bonchev–Trinajstić information content (AvgIpc) is 2.75. The molecule has 13 heavy (non-hydrogen) atoms. The number of hydrogen-bond acceptors (Lipinski definition) is 2. The molecule has 0 aromatic carbocycles. The molecule has 72 valence electrons. The molecule has 2 aliphatic rings. The summed E-state index contributed by atoms with van der Waals surface area (Å²) in [6, 6.07) is 0. The van der Waals surface area contributed by atoms with Crippen LogP contribution in [-0.2, 0) is 4.74 Å². The summed E-state index contributed by atoms with van der Waals surface area (Å²) in [6.45, 7) is 5.92. The molecule has 0 aromatic rings. The van der Waals surface area contributed by atoms with Gasteiger partial charge in [-0.1, -0.05) is 5.92 Å². The highest BCUT2D eigenvalue weighted by atomic mass is 16.5. The van der Waals surface area contributed by atoms with Crippen molar-refractivity contribution in [1.29, 1.82) is 0 Å². The number of likely N-dealkylation sites (tertiary alicyclic amines) is 1. The summed E-state index contributed by atoms with van der Waals surface area (Å²) in [5.74, 6) is 6.13. The van der Waals surface area contributed by atoms with Gasteiger partial charge in [0.05, 0.1) is 13.2 Å². The van der Waals surface area contributed by atoms with Crippen molar-refractivity contribution in [3.8, 4) is 11.8 Å². The highest BCUT2D eigenvalue weighted by Gasteiger charge is 2.43. The molecule has 2 heterocycles. The Kier molecular flexibility index (Phi) is 2.57. The second-order valence-electron chi connectivity index (χ2n) is 3.98. The van der Waals surface area contributed by atoms with Crippen molar-refractivity contribution in [1.82, 2.24) is 4.90 Å². The lowest BCUT2D eigenvalue weighted by molar-refractivity contribution is 0.112. The topological polar surface area (TPSA) is 12.5 Å². The molecule has 2 aliphatic heterocycles. The van der Waals surface area contributed by atoms with Crippen molar-refractivity contribution in [3.63, 3.8) is 0 Å². The van der Waals surface area contributed by atoms with Crippen LogP contribution in [0.3, 0.4) is 0 Å². The van der Waals surface area contributed by atoms with Crippen molar-refractivity contribution >= 4 is 0 Å². The SMILES string of the molecule is CC#CCN1CCCC12CCOC2. The van der Waals surface area contributed by atoms with Crippen molar-refractivity contribution in [3.05, 3.63) is 0 Å². The lowest BCUT2D eigenvalue weighted by Crippen LogP contribution is -2.44. The van der Waals surface area contributed by atoms with Gasteiger partial charge in [0.15, 0.2) is 0 Å². The smallest absolute Gasteiger partial charge is 0.0651 e. The fourth-order valence-corrected chi connectivity index (χ4v) is 2.46. The number of hydrogen-bond donors (Lipinski definition) is 0. The van der Waals surface area contributed by atoms with Gasteiger partial charge in [0.1, 0.15) is 0 Å². The van der Waals surface area contributed by atoms with Gasteiger partial charge >= 0.3 is 0 Å². The lowest BCUT2D eigenvalue weighted by atomic mass is 9.95. The fourth-order valence-electron chi connectivity index (χ4n) is 2.46. The van der Waals surface area contributed by atoms with Crippen LogP contribution in [-0.4, -0.2) is 36.7 Å². The maximum absolute atomic E-state index is 5.50. The molecule has 0 N–H and O–H groups in total. The molecule has 2 saturated heterocycles. The molecule has 2 rings (SSSR count). The molecule has 0 aliphatic carbocycles. The summed E-state index contributed by atoms with van der Waals surface area (Å²) < 4.78 is 5.50. The quantitative estimate of drug-likeness (QED) is 0.562. The van der Waals surface area contributed by atoms with Crippen LogP contribution in [0.25, 0.3) is 0 Å². The number of nitrogens with zero attached hydrogens (tertiary/aromatic N) is 1. The van der Waals surface area contributed by atoms with Gasteiger partial charge in [0.2, 0.25) is 0 Å². The van der Waals surface area contributed by atoms with Gasteiger partial charge in [0.25, 0.3) is 0 Å². The van der Waals surface area contributed by atoms with Crippen LogP contribution in [0.5, 0.6) is 0 Å². The van der Waals surface area contributed by atoms with Crippen molar-refractivity contribution in [2.75, 3.05) is 26.3 Å². The van der Waals surface area contributed by atoms with E-state index in [4.69, 9.17) is 4.74 Å². The highest BCUT2D eigenvalue weighted by molar-refractivity contribution is 5.05. The first kappa shape index (κ1) is 9.05. The van der Waals surface area contributed by atoms with Gasteiger partial charge in [-0.3, -0.25) is 4.90 Å². The summed E-state index contributed by atoms with van der Waals surface area (Å²) in [5.41, 5.74) is 0.365. The van der Waals surface area contributed by atoms with Gasteiger partial charge in [-0.15, -0.1) is 5.92 Å². The molecule has 1 unspecified atom stereocenters. The summed E-state index contributed by atoms with van der Waals surface area (Å²) in [5, 5.41) is 0. The summed E-state index contributed by atoms with van der Waals surface area (Å²) >= 11 is 0. The molecular weight excluding hydrogens is 162 g/mol. The monoisotopic (exact) mass is 179 g/mol. The van der Waals surface area contributed by atoms with E-state index in [1.165, 1.54) is 25.8 Å². The lowest BCUT2D eigenvalue weighted by Gasteiger charge is -2.31. The maximum Gasteiger partial charge on any atom is 0.0651 e. The highest BCUT2D eigenvalue weighted by Crippen LogP contribution is 2.35. The van der Waals surface area contributed by atoms with Crippen LogP contribution in [0.4, 0.5) is 0 Å². The zero-order chi connectivity index (χ0) is 9.15. The second-order valence-corrected chi connectivity index (χ2v) is 3.98. The second kappa shape index (κ2) is 3.69. The van der Waals surface area contributed by atoms with E-state index >= 15 is 0 Å². The minimum atomic E-state index is 0.365. The Morgan fingerprint density at radius 2 is 2.38 bits per heavy atom. The van der Waals surface area contributed by atoms with Crippen LogP contribution < -0.4 is 0 Å². The summed E-state index contributed by atoms with van der Waals surface area (Å²) in [4.78, 5) is 2.51. The van der Waals surface area contributed by atoms with Gasteiger partial charge in [0, 0.05) is 12.1 Å². The molecule has 0 aromatic heterocycles. The normalized spacial score (nSPS) is 33.6. The van der Waals surface area contributed by atoms with Gasteiger partial charge in [-0.2, -0.15) is 0 Å². The molecule has 2 nitrogen and oxygen atoms in total. The Labute approximate surface area is 80.2 Å². The predicted octanol–water partition coefficient (Wildman–Crippen LogP) is 1.26. The zero-order valence-corrected chi connectivity index (χ0v) is 8.31. The molecule has 0 saturated carbocycles. The zero-order valence-electron chi connectivity index (χ0n) is 8.31. The molecule has 2 heteroatoms. The molecule has 0 radical (unpaired) electrons. The molecule has 0 bridgehead atoms. The van der Waals surface area contributed by atoms with E-state index < -0.39 is 0 Å². The van der Waals surface area contributed by atoms with Gasteiger partial charge in [-0.05, 0) is 32.7 Å². The van der Waals surface area contributed by atoms with Crippen molar-refractivity contribution in [2.45, 2.75) is 31.7 Å². The first-order chi connectivity index (χ1) is 6.37. The van der Waals surface area contributed by atoms with E-state index in [-0.39, 0.29) is 0 Å². The molecule has 0 amide bonds. The molecule has 2 fully saturated rings. The van der Waals surface area contributed by atoms with Gasteiger partial charge in [-0.25, -0.2) is 0 Å². The summed E-state index contributed by atoms with van der Waals surface area (Å²) in [6.07, 6.45) is 3.82. The Morgan fingerprint density at radius 1 is 1.46 bits per heavy atom. The van der Waals surface area contributed by atoms with E-state index in [9.17, 15) is 0 Å². The Balaban J connectivity index is 2.03. The summed E-state index contributed by atoms with van der Waals surface area (Å²) in [7, 11) is 0. The average molecular weight is 179 g/mol. The van der Waals surface area contributed by atoms with E-state index in [1.54, 1.807) is 0 Å². The first-order valence-corrected chi connectivity index (χ1v) is 5.10. The standard InChI is InChI=1S/C11H17NO/c1-2-3-7-12-8-4-5-11(12)6-9-13-10-11/h4-10H2,1H3. The first-order valence-electron chi connectivity index (χ1n) is 5.10. The third kappa shape index (κ3) is 1.59. The molecular formula is C11H17NO. The van der Waals surface area contributed by atoms with Crippen LogP contribution in [0.15, 0.2) is 0 Å². The van der Waals surface area contributed by atoms with E-state index in [2.05, 4.69) is 16.7 Å². The van der Waals surface area contributed by atoms with Crippen LogP contribution in [0, 0.1) is 11.8 Å². The Hall–Kier alpha value is -0.520. The van der Waals surface area contributed by atoms with Crippen LogP contribution in [0.1, 0.15) is 26.2 Å². The largest absolute Gasteiger partial charge is 0.379 e. The molecule has 1 spiro atoms. The predicted molar refractivity (Wildman–Crippen MR) is 52.4 cm³/mol. The minimum Gasteiger partial charge on any atom is -0.379 e. The maximum atomic E-state index is 5.50. The van der Waals surface area contributed by atoms with Gasteiger partial charge < -0.3 is 4.74 Å². The third-order valence-electron chi connectivity index (χ3n) is 3.27. The molecule has 1 atom stereocenters. The van der Waals surface area contributed by atoms with Crippen LogP contribution >= 0.6 is 0 Å².